The Morgan fingerprint density at radius 3 is 2.50 bits per heavy atom. The van der Waals surface area contributed by atoms with Gasteiger partial charge in [0.25, 0.3) is 16.8 Å². The standard InChI is InChI=1S/C26H23N3O6S/c1-4-35-25(31)19-8-10-21(11-9-19)28-16(2)12-20(17(28)3)14-23-24(30)27(26(32)36-23)15-18-6-5-7-22(13-18)29(33)34/h5-14H,4,15H2,1-3H3/b23-14+. The number of hydrogen-bond donors (Lipinski definition) is 0. The largest absolute Gasteiger partial charge is 0.462 e. The third-order valence-electron chi connectivity index (χ3n) is 5.73. The molecule has 1 saturated heterocycles. The zero-order chi connectivity index (χ0) is 26.0. The van der Waals surface area contributed by atoms with Crippen LogP contribution in [0.5, 0.6) is 0 Å². The average Bonchev–Trinajstić information content (AvgIpc) is 3.28. The van der Waals surface area contributed by atoms with E-state index in [1.807, 2.05) is 36.6 Å². The van der Waals surface area contributed by atoms with E-state index in [9.17, 15) is 24.5 Å². The molecule has 0 saturated carbocycles. The highest BCUT2D eigenvalue weighted by molar-refractivity contribution is 8.18. The molecular weight excluding hydrogens is 482 g/mol. The molecule has 3 aromatic rings. The van der Waals surface area contributed by atoms with Crippen LogP contribution in [0.25, 0.3) is 11.8 Å². The molecule has 1 fully saturated rings. The topological polar surface area (TPSA) is 112 Å². The minimum absolute atomic E-state index is 0.0461. The highest BCUT2D eigenvalue weighted by Gasteiger charge is 2.35. The number of non-ortho nitro benzene ring substituents is 1. The van der Waals surface area contributed by atoms with Crippen molar-refractivity contribution >= 4 is 40.6 Å². The summed E-state index contributed by atoms with van der Waals surface area (Å²) in [4.78, 5) is 49.4. The Balaban J connectivity index is 1.57. The Bertz CT molecular complexity index is 1410. The summed E-state index contributed by atoms with van der Waals surface area (Å²) in [5.74, 6) is -0.827. The molecule has 9 nitrogen and oxygen atoms in total. The van der Waals surface area contributed by atoms with E-state index in [2.05, 4.69) is 0 Å². The molecule has 0 aliphatic carbocycles. The molecule has 1 aromatic heterocycles. The summed E-state index contributed by atoms with van der Waals surface area (Å²) in [7, 11) is 0. The quantitative estimate of drug-likeness (QED) is 0.182. The van der Waals surface area contributed by atoms with Crippen molar-refractivity contribution in [2.24, 2.45) is 0 Å². The molecule has 0 spiro atoms. The van der Waals surface area contributed by atoms with Gasteiger partial charge in [-0.25, -0.2) is 4.79 Å². The van der Waals surface area contributed by atoms with Gasteiger partial charge in [0.1, 0.15) is 0 Å². The second-order valence-electron chi connectivity index (χ2n) is 8.12. The Morgan fingerprint density at radius 1 is 1.11 bits per heavy atom. The van der Waals surface area contributed by atoms with E-state index in [4.69, 9.17) is 4.74 Å². The molecule has 2 amide bonds. The van der Waals surface area contributed by atoms with Crippen LogP contribution in [0, 0.1) is 24.0 Å². The first-order valence-electron chi connectivity index (χ1n) is 11.1. The summed E-state index contributed by atoms with van der Waals surface area (Å²) in [6, 6.07) is 14.8. The van der Waals surface area contributed by atoms with Crippen molar-refractivity contribution < 1.29 is 24.0 Å². The van der Waals surface area contributed by atoms with Gasteiger partial charge in [-0.1, -0.05) is 12.1 Å². The molecule has 0 unspecified atom stereocenters. The molecule has 4 rings (SSSR count). The molecule has 10 heteroatoms. The lowest BCUT2D eigenvalue weighted by Crippen LogP contribution is -2.27. The van der Waals surface area contributed by atoms with Gasteiger partial charge in [-0.3, -0.25) is 24.6 Å². The number of carbonyl (C=O) groups is 3. The van der Waals surface area contributed by atoms with Gasteiger partial charge in [0.2, 0.25) is 0 Å². The van der Waals surface area contributed by atoms with E-state index in [1.54, 1.807) is 31.2 Å². The Labute approximate surface area is 211 Å². The fourth-order valence-corrected chi connectivity index (χ4v) is 4.85. The number of amides is 2. The van der Waals surface area contributed by atoms with Crippen LogP contribution in [0.15, 0.2) is 59.5 Å². The van der Waals surface area contributed by atoms with E-state index >= 15 is 0 Å². The maximum Gasteiger partial charge on any atom is 0.338 e. The number of rotatable bonds is 7. The SMILES string of the molecule is CCOC(=O)c1ccc(-n2c(C)cc(/C=C3/SC(=O)N(Cc4cccc([N+](=O)[O-])c4)C3=O)c2C)cc1. The molecule has 0 radical (unpaired) electrons. The minimum atomic E-state index is -0.517. The molecule has 2 aromatic carbocycles. The summed E-state index contributed by atoms with van der Waals surface area (Å²) < 4.78 is 7.03. The maximum absolute atomic E-state index is 13.0. The molecular formula is C26H23N3O6S. The van der Waals surface area contributed by atoms with Crippen molar-refractivity contribution in [3.05, 3.63) is 97.7 Å². The van der Waals surface area contributed by atoms with E-state index < -0.39 is 16.1 Å². The molecule has 36 heavy (non-hydrogen) atoms. The summed E-state index contributed by atoms with van der Waals surface area (Å²) in [6.45, 7) is 5.84. The van der Waals surface area contributed by atoms with Crippen LogP contribution < -0.4 is 0 Å². The number of aromatic nitrogens is 1. The maximum atomic E-state index is 13.0. The van der Waals surface area contributed by atoms with Gasteiger partial charge >= 0.3 is 5.97 Å². The number of nitro benzene ring substituents is 1. The minimum Gasteiger partial charge on any atom is -0.462 e. The van der Waals surface area contributed by atoms with Gasteiger partial charge < -0.3 is 9.30 Å². The highest BCUT2D eigenvalue weighted by atomic mass is 32.2. The van der Waals surface area contributed by atoms with Crippen molar-refractivity contribution in [2.75, 3.05) is 6.61 Å². The number of carbonyl (C=O) groups excluding carboxylic acids is 3. The molecule has 0 atom stereocenters. The van der Waals surface area contributed by atoms with Gasteiger partial charge in [-0.05, 0) is 80.1 Å². The summed E-state index contributed by atoms with van der Waals surface area (Å²) in [6.07, 6.45) is 1.68. The first-order valence-corrected chi connectivity index (χ1v) is 12.0. The summed E-state index contributed by atoms with van der Waals surface area (Å²) in [5, 5.41) is 10.6. The van der Waals surface area contributed by atoms with Crippen molar-refractivity contribution in [3.8, 4) is 5.69 Å². The van der Waals surface area contributed by atoms with Gasteiger partial charge in [-0.15, -0.1) is 0 Å². The third-order valence-corrected chi connectivity index (χ3v) is 6.64. The number of thioether (sulfide) groups is 1. The van der Waals surface area contributed by atoms with Crippen molar-refractivity contribution in [2.45, 2.75) is 27.3 Å². The van der Waals surface area contributed by atoms with Crippen LogP contribution in [0.3, 0.4) is 0 Å². The smallest absolute Gasteiger partial charge is 0.338 e. The van der Waals surface area contributed by atoms with Gasteiger partial charge in [0.15, 0.2) is 0 Å². The van der Waals surface area contributed by atoms with E-state index in [-0.39, 0.29) is 23.1 Å². The van der Waals surface area contributed by atoms with Crippen molar-refractivity contribution in [1.82, 2.24) is 9.47 Å². The third kappa shape index (κ3) is 4.94. The number of nitro groups is 1. The zero-order valence-corrected chi connectivity index (χ0v) is 20.7. The van der Waals surface area contributed by atoms with Crippen LogP contribution in [0.4, 0.5) is 10.5 Å². The molecule has 184 valence electrons. The average molecular weight is 506 g/mol. The van der Waals surface area contributed by atoms with Gasteiger partial charge in [-0.2, -0.15) is 0 Å². The van der Waals surface area contributed by atoms with Gasteiger partial charge in [0.05, 0.1) is 28.5 Å². The number of esters is 1. The van der Waals surface area contributed by atoms with E-state index in [0.29, 0.717) is 17.7 Å². The van der Waals surface area contributed by atoms with Crippen LogP contribution in [-0.2, 0) is 16.1 Å². The number of imide groups is 1. The molecule has 2 heterocycles. The lowest BCUT2D eigenvalue weighted by Gasteiger charge is -2.12. The predicted octanol–water partition coefficient (Wildman–Crippen LogP) is 5.42. The number of benzene rings is 2. The highest BCUT2D eigenvalue weighted by Crippen LogP contribution is 2.35. The lowest BCUT2D eigenvalue weighted by atomic mass is 10.2. The monoisotopic (exact) mass is 505 g/mol. The van der Waals surface area contributed by atoms with Gasteiger partial charge in [0, 0.05) is 29.2 Å². The number of nitrogens with zero attached hydrogens (tertiary/aromatic N) is 3. The number of aryl methyl sites for hydroxylation is 1. The summed E-state index contributed by atoms with van der Waals surface area (Å²) >= 11 is 0.840. The molecule has 1 aliphatic rings. The van der Waals surface area contributed by atoms with Crippen LogP contribution in [0.2, 0.25) is 0 Å². The molecule has 0 N–H and O–H groups in total. The number of hydrogen-bond acceptors (Lipinski definition) is 7. The number of ether oxygens (including phenoxy) is 1. The Morgan fingerprint density at radius 2 is 1.83 bits per heavy atom. The first-order chi connectivity index (χ1) is 17.2. The first kappa shape index (κ1) is 24.9. The second-order valence-corrected chi connectivity index (χ2v) is 9.12. The van der Waals surface area contributed by atoms with E-state index in [1.165, 1.54) is 18.2 Å². The van der Waals surface area contributed by atoms with Crippen LogP contribution in [0.1, 0.15) is 39.8 Å². The van der Waals surface area contributed by atoms with Crippen molar-refractivity contribution in [3.63, 3.8) is 0 Å². The molecule has 1 aliphatic heterocycles. The van der Waals surface area contributed by atoms with Crippen molar-refractivity contribution in [1.29, 1.82) is 0 Å². The van der Waals surface area contributed by atoms with Crippen LogP contribution in [-0.4, -0.2) is 38.1 Å². The Kier molecular flexibility index (Phi) is 7.07. The second kappa shape index (κ2) is 10.2. The predicted molar refractivity (Wildman–Crippen MR) is 136 cm³/mol. The molecule has 0 bridgehead atoms. The lowest BCUT2D eigenvalue weighted by molar-refractivity contribution is -0.384. The Hall–Kier alpha value is -4.18. The fraction of sp³-hybridized carbons (Fsp3) is 0.192. The normalized spacial score (nSPS) is 14.5. The summed E-state index contributed by atoms with van der Waals surface area (Å²) in [5.41, 5.74) is 4.26. The zero-order valence-electron chi connectivity index (χ0n) is 19.9. The van der Waals surface area contributed by atoms with Crippen LogP contribution >= 0.6 is 11.8 Å². The van der Waals surface area contributed by atoms with E-state index in [0.717, 1.165) is 39.3 Å². The fourth-order valence-electron chi connectivity index (χ4n) is 4.02.